The smallest absolute Gasteiger partial charge is 0.275 e. The number of hydrogen-bond donors (Lipinski definition) is 1. The average molecular weight is 270 g/mol. The zero-order chi connectivity index (χ0) is 14.5. The second-order valence-corrected chi connectivity index (χ2v) is 4.90. The Balaban J connectivity index is 1.94. The zero-order valence-electron chi connectivity index (χ0n) is 11.9. The van der Waals surface area contributed by atoms with Crippen LogP contribution in [0.5, 0.6) is 0 Å². The highest BCUT2D eigenvalue weighted by atomic mass is 16.2. The molecule has 0 aliphatic heterocycles. The Kier molecular flexibility index (Phi) is 4.30. The van der Waals surface area contributed by atoms with Crippen LogP contribution in [0.15, 0.2) is 41.6 Å². The van der Waals surface area contributed by atoms with Crippen molar-refractivity contribution < 1.29 is 4.79 Å². The second-order valence-electron chi connectivity index (χ2n) is 4.90. The molecule has 5 heteroatoms. The lowest BCUT2D eigenvalue weighted by molar-refractivity contribution is 0.0949. The summed E-state index contributed by atoms with van der Waals surface area (Å²) < 4.78 is 1.57. The van der Waals surface area contributed by atoms with Crippen LogP contribution in [-0.2, 0) is 7.05 Å². The third-order valence-corrected chi connectivity index (χ3v) is 2.93. The van der Waals surface area contributed by atoms with Crippen LogP contribution in [0.2, 0.25) is 0 Å². The molecule has 0 bridgehead atoms. The van der Waals surface area contributed by atoms with Gasteiger partial charge in [-0.25, -0.2) is 5.43 Å². The van der Waals surface area contributed by atoms with E-state index in [1.807, 2.05) is 12.1 Å². The van der Waals surface area contributed by atoms with Gasteiger partial charge in [0.25, 0.3) is 5.91 Å². The van der Waals surface area contributed by atoms with E-state index < -0.39 is 0 Å². The van der Waals surface area contributed by atoms with Crippen LogP contribution in [0, 0.1) is 0 Å². The van der Waals surface area contributed by atoms with Crippen molar-refractivity contribution in [3.8, 4) is 0 Å². The monoisotopic (exact) mass is 270 g/mol. The summed E-state index contributed by atoms with van der Waals surface area (Å²) in [6.07, 6.45) is 3.33. The molecule has 0 atom stereocenters. The van der Waals surface area contributed by atoms with Crippen molar-refractivity contribution in [2.45, 2.75) is 19.8 Å². The van der Waals surface area contributed by atoms with Gasteiger partial charge in [-0.15, -0.1) is 0 Å². The summed E-state index contributed by atoms with van der Waals surface area (Å²) in [5, 5.41) is 7.93. The number of rotatable bonds is 4. The molecule has 0 radical (unpaired) electrons. The summed E-state index contributed by atoms with van der Waals surface area (Å²) in [5.41, 5.74) is 5.02. The van der Waals surface area contributed by atoms with Crippen molar-refractivity contribution in [2.75, 3.05) is 0 Å². The number of amides is 1. The van der Waals surface area contributed by atoms with Crippen molar-refractivity contribution in [1.29, 1.82) is 0 Å². The number of aryl methyl sites for hydroxylation is 1. The van der Waals surface area contributed by atoms with Crippen molar-refractivity contribution in [2.24, 2.45) is 12.1 Å². The summed E-state index contributed by atoms with van der Waals surface area (Å²) >= 11 is 0. The molecule has 104 valence electrons. The number of carbonyl (C=O) groups is 1. The summed E-state index contributed by atoms with van der Waals surface area (Å²) in [7, 11) is 1.76. The fourth-order valence-electron chi connectivity index (χ4n) is 1.73. The SMILES string of the molecule is CC(C)c1ccc(/C=N\NC(=O)c2ccn(C)n2)cc1. The van der Waals surface area contributed by atoms with Crippen LogP contribution in [0.25, 0.3) is 0 Å². The first-order chi connectivity index (χ1) is 9.56. The maximum Gasteiger partial charge on any atom is 0.291 e. The fraction of sp³-hybridized carbons (Fsp3) is 0.267. The predicted octanol–water partition coefficient (Wildman–Crippen LogP) is 2.31. The summed E-state index contributed by atoms with van der Waals surface area (Å²) in [4.78, 5) is 11.7. The van der Waals surface area contributed by atoms with Crippen LogP contribution < -0.4 is 5.43 Å². The summed E-state index contributed by atoms with van der Waals surface area (Å²) in [6.45, 7) is 4.30. The molecule has 1 aromatic carbocycles. The van der Waals surface area contributed by atoms with E-state index in [1.54, 1.807) is 30.2 Å². The van der Waals surface area contributed by atoms with E-state index in [-0.39, 0.29) is 5.91 Å². The van der Waals surface area contributed by atoms with Gasteiger partial charge >= 0.3 is 0 Å². The average Bonchev–Trinajstić information content (AvgIpc) is 2.86. The molecule has 1 heterocycles. The molecule has 1 aromatic heterocycles. The molecule has 0 aliphatic carbocycles. The number of hydrazone groups is 1. The second kappa shape index (κ2) is 6.14. The third kappa shape index (κ3) is 3.54. The Morgan fingerprint density at radius 2 is 2.00 bits per heavy atom. The lowest BCUT2D eigenvalue weighted by atomic mass is 10.0. The minimum atomic E-state index is -0.319. The quantitative estimate of drug-likeness (QED) is 0.684. The van der Waals surface area contributed by atoms with Crippen molar-refractivity contribution in [3.05, 3.63) is 53.3 Å². The summed E-state index contributed by atoms with van der Waals surface area (Å²) in [5.74, 6) is 0.186. The first-order valence-electron chi connectivity index (χ1n) is 6.49. The van der Waals surface area contributed by atoms with Crippen LogP contribution in [0.4, 0.5) is 0 Å². The Bertz CT molecular complexity index is 611. The van der Waals surface area contributed by atoms with Gasteiger partial charge in [0.05, 0.1) is 6.21 Å². The van der Waals surface area contributed by atoms with Gasteiger partial charge in [-0.2, -0.15) is 10.2 Å². The number of aromatic nitrogens is 2. The van der Waals surface area contributed by atoms with Crippen molar-refractivity contribution in [1.82, 2.24) is 15.2 Å². The molecule has 0 spiro atoms. The molecule has 0 unspecified atom stereocenters. The van der Waals surface area contributed by atoms with Gasteiger partial charge in [-0.05, 0) is 23.1 Å². The van der Waals surface area contributed by atoms with Crippen LogP contribution >= 0.6 is 0 Å². The van der Waals surface area contributed by atoms with Crippen molar-refractivity contribution in [3.63, 3.8) is 0 Å². The molecule has 20 heavy (non-hydrogen) atoms. The van der Waals surface area contributed by atoms with Gasteiger partial charge in [0, 0.05) is 13.2 Å². The molecule has 1 N–H and O–H groups in total. The van der Waals surface area contributed by atoms with E-state index in [0.29, 0.717) is 11.6 Å². The van der Waals surface area contributed by atoms with E-state index in [4.69, 9.17) is 0 Å². The van der Waals surface area contributed by atoms with Gasteiger partial charge in [-0.1, -0.05) is 38.1 Å². The maximum atomic E-state index is 11.7. The molecular weight excluding hydrogens is 252 g/mol. The van der Waals surface area contributed by atoms with E-state index >= 15 is 0 Å². The number of nitrogens with zero attached hydrogens (tertiary/aromatic N) is 3. The predicted molar refractivity (Wildman–Crippen MR) is 78.8 cm³/mol. The van der Waals surface area contributed by atoms with E-state index in [2.05, 4.69) is 41.6 Å². The maximum absolute atomic E-state index is 11.7. The normalized spacial score (nSPS) is 11.2. The first-order valence-corrected chi connectivity index (χ1v) is 6.49. The Hall–Kier alpha value is -2.43. The molecule has 1 amide bonds. The number of nitrogens with one attached hydrogen (secondary N) is 1. The zero-order valence-corrected chi connectivity index (χ0v) is 11.9. The van der Waals surface area contributed by atoms with Crippen LogP contribution in [-0.4, -0.2) is 21.9 Å². The minimum absolute atomic E-state index is 0.319. The van der Waals surface area contributed by atoms with E-state index in [1.165, 1.54) is 5.56 Å². The molecule has 0 saturated heterocycles. The minimum Gasteiger partial charge on any atom is -0.275 e. The van der Waals surface area contributed by atoms with Gasteiger partial charge in [-0.3, -0.25) is 9.48 Å². The number of carbonyl (C=O) groups excluding carboxylic acids is 1. The van der Waals surface area contributed by atoms with Crippen LogP contribution in [0.1, 0.15) is 41.4 Å². The topological polar surface area (TPSA) is 59.3 Å². The molecule has 0 aliphatic rings. The standard InChI is InChI=1S/C15H18N4O/c1-11(2)13-6-4-12(5-7-13)10-16-17-15(20)14-8-9-19(3)18-14/h4-11H,1-3H3,(H,17,20)/b16-10-. The highest BCUT2D eigenvalue weighted by Crippen LogP contribution is 2.13. The van der Waals surface area contributed by atoms with Gasteiger partial charge < -0.3 is 0 Å². The molecule has 5 nitrogen and oxygen atoms in total. The lowest BCUT2D eigenvalue weighted by Crippen LogP contribution is -2.18. The van der Waals surface area contributed by atoms with Crippen molar-refractivity contribution >= 4 is 12.1 Å². The molecule has 0 saturated carbocycles. The molecular formula is C15H18N4O. The highest BCUT2D eigenvalue weighted by Gasteiger charge is 2.06. The fourth-order valence-corrected chi connectivity index (χ4v) is 1.73. The van der Waals surface area contributed by atoms with Gasteiger partial charge in [0.2, 0.25) is 0 Å². The van der Waals surface area contributed by atoms with E-state index in [0.717, 1.165) is 5.56 Å². The Labute approximate surface area is 118 Å². The molecule has 0 fully saturated rings. The molecule has 2 rings (SSSR count). The van der Waals surface area contributed by atoms with Crippen LogP contribution in [0.3, 0.4) is 0 Å². The number of benzene rings is 1. The van der Waals surface area contributed by atoms with Gasteiger partial charge in [0.15, 0.2) is 5.69 Å². The largest absolute Gasteiger partial charge is 0.291 e. The Morgan fingerprint density at radius 1 is 1.30 bits per heavy atom. The third-order valence-electron chi connectivity index (χ3n) is 2.93. The Morgan fingerprint density at radius 3 is 2.55 bits per heavy atom. The molecule has 2 aromatic rings. The first kappa shape index (κ1) is 14.0. The highest BCUT2D eigenvalue weighted by molar-refractivity contribution is 5.92. The van der Waals surface area contributed by atoms with E-state index in [9.17, 15) is 4.79 Å². The lowest BCUT2D eigenvalue weighted by Gasteiger charge is -2.04. The summed E-state index contributed by atoms with van der Waals surface area (Å²) in [6, 6.07) is 9.72. The van der Waals surface area contributed by atoms with Gasteiger partial charge in [0.1, 0.15) is 0 Å². The number of hydrogen-bond acceptors (Lipinski definition) is 3.